The summed E-state index contributed by atoms with van der Waals surface area (Å²) in [5, 5.41) is 13.0. The van der Waals surface area contributed by atoms with Gasteiger partial charge >= 0.3 is 5.97 Å². The highest BCUT2D eigenvalue weighted by molar-refractivity contribution is 5.89. The molecule has 5 nitrogen and oxygen atoms in total. The van der Waals surface area contributed by atoms with E-state index >= 15 is 0 Å². The number of nitrogens with two attached hydrogens (primary N) is 1. The van der Waals surface area contributed by atoms with Crippen LogP contribution in [0.5, 0.6) is 0 Å². The number of rotatable bonds is 2. The molecule has 0 unspecified atom stereocenters. The van der Waals surface area contributed by atoms with E-state index in [1.54, 1.807) is 0 Å². The Bertz CT molecular complexity index is 388. The minimum Gasteiger partial charge on any atom is -0.476 e. The van der Waals surface area contributed by atoms with Crippen molar-refractivity contribution >= 4 is 11.8 Å². The zero-order valence-electron chi connectivity index (χ0n) is 9.53. The normalized spacial score (nSPS) is 11.7. The quantitative estimate of drug-likeness (QED) is 0.776. The van der Waals surface area contributed by atoms with Crippen LogP contribution in [0.15, 0.2) is 0 Å². The van der Waals surface area contributed by atoms with E-state index < -0.39 is 5.97 Å². The van der Waals surface area contributed by atoms with Crippen LogP contribution < -0.4 is 5.73 Å². The molecule has 0 radical (unpaired) electrons. The predicted octanol–water partition coefficient (Wildman–Crippen LogP) is 1.48. The molecule has 0 aliphatic rings. The summed E-state index contributed by atoms with van der Waals surface area (Å²) in [6.45, 7) is 8.22. The highest BCUT2D eigenvalue weighted by Gasteiger charge is 2.29. The Morgan fingerprint density at radius 2 is 2.07 bits per heavy atom. The standard InChI is InChI=1S/C10H17N3O2/c1-5-13-8(11)6(10(2,3)4)7(12-13)9(14)15/h5,11H2,1-4H3,(H,14,15). The van der Waals surface area contributed by atoms with E-state index in [0.717, 1.165) is 0 Å². The number of anilines is 1. The molecule has 0 saturated carbocycles. The van der Waals surface area contributed by atoms with E-state index in [9.17, 15) is 4.79 Å². The maximum absolute atomic E-state index is 11.0. The van der Waals surface area contributed by atoms with Gasteiger partial charge in [-0.05, 0) is 12.3 Å². The minimum atomic E-state index is -1.03. The molecule has 0 saturated heterocycles. The number of hydrogen-bond acceptors (Lipinski definition) is 3. The third kappa shape index (κ3) is 1.95. The summed E-state index contributed by atoms with van der Waals surface area (Å²) in [7, 11) is 0. The van der Waals surface area contributed by atoms with Gasteiger partial charge in [0, 0.05) is 12.1 Å². The Hall–Kier alpha value is -1.52. The number of hydrogen-bond donors (Lipinski definition) is 2. The second kappa shape index (κ2) is 3.56. The van der Waals surface area contributed by atoms with Crippen LogP contribution in [0.3, 0.4) is 0 Å². The number of nitrogens with zero attached hydrogens (tertiary/aromatic N) is 2. The van der Waals surface area contributed by atoms with Crippen molar-refractivity contribution in [2.75, 3.05) is 5.73 Å². The van der Waals surface area contributed by atoms with Crippen molar-refractivity contribution in [3.05, 3.63) is 11.3 Å². The van der Waals surface area contributed by atoms with Crippen LogP contribution in [0.4, 0.5) is 5.82 Å². The molecule has 0 aromatic carbocycles. The molecule has 15 heavy (non-hydrogen) atoms. The first kappa shape index (κ1) is 11.6. The van der Waals surface area contributed by atoms with Crippen molar-refractivity contribution in [3.8, 4) is 0 Å². The van der Waals surface area contributed by atoms with E-state index in [1.807, 2.05) is 27.7 Å². The maximum atomic E-state index is 11.0. The SMILES string of the molecule is CCn1nc(C(=O)O)c(C(C)(C)C)c1N. The van der Waals surface area contributed by atoms with Gasteiger partial charge < -0.3 is 10.8 Å². The van der Waals surface area contributed by atoms with Crippen LogP contribution in [-0.2, 0) is 12.0 Å². The summed E-state index contributed by atoms with van der Waals surface area (Å²) in [5.41, 5.74) is 6.23. The number of carbonyl (C=O) groups is 1. The summed E-state index contributed by atoms with van der Waals surface area (Å²) in [4.78, 5) is 11.0. The van der Waals surface area contributed by atoms with Crippen molar-refractivity contribution in [1.29, 1.82) is 0 Å². The Kier molecular flexibility index (Phi) is 2.75. The van der Waals surface area contributed by atoms with Crippen LogP contribution in [-0.4, -0.2) is 20.9 Å². The Labute approximate surface area is 88.9 Å². The zero-order chi connectivity index (χ0) is 11.8. The molecule has 0 amide bonds. The smallest absolute Gasteiger partial charge is 0.356 e. The van der Waals surface area contributed by atoms with Gasteiger partial charge in [0.2, 0.25) is 0 Å². The van der Waals surface area contributed by atoms with Crippen molar-refractivity contribution < 1.29 is 9.90 Å². The number of aryl methyl sites for hydroxylation is 1. The Balaban J connectivity index is 3.46. The van der Waals surface area contributed by atoms with Crippen LogP contribution in [0.2, 0.25) is 0 Å². The summed E-state index contributed by atoms with van der Waals surface area (Å²) in [6.07, 6.45) is 0. The lowest BCUT2D eigenvalue weighted by atomic mass is 9.86. The lowest BCUT2D eigenvalue weighted by molar-refractivity contribution is 0.0687. The van der Waals surface area contributed by atoms with Gasteiger partial charge in [0.05, 0.1) is 0 Å². The third-order valence-corrected chi connectivity index (χ3v) is 2.24. The Morgan fingerprint density at radius 1 is 1.53 bits per heavy atom. The number of carboxylic acid groups (broad SMARTS) is 1. The molecule has 3 N–H and O–H groups in total. The summed E-state index contributed by atoms with van der Waals surface area (Å²) >= 11 is 0. The van der Waals surface area contributed by atoms with Crippen LogP contribution in [0, 0.1) is 0 Å². The molecule has 0 bridgehead atoms. The predicted molar refractivity (Wildman–Crippen MR) is 58.0 cm³/mol. The first-order valence-electron chi connectivity index (χ1n) is 4.89. The van der Waals surface area contributed by atoms with Crippen molar-refractivity contribution in [1.82, 2.24) is 9.78 Å². The third-order valence-electron chi connectivity index (χ3n) is 2.24. The summed E-state index contributed by atoms with van der Waals surface area (Å²) < 4.78 is 1.52. The van der Waals surface area contributed by atoms with Crippen LogP contribution in [0.1, 0.15) is 43.7 Å². The molecule has 1 rings (SSSR count). The van der Waals surface area contributed by atoms with Gasteiger partial charge in [-0.15, -0.1) is 0 Å². The lowest BCUT2D eigenvalue weighted by Crippen LogP contribution is -2.17. The maximum Gasteiger partial charge on any atom is 0.356 e. The highest BCUT2D eigenvalue weighted by Crippen LogP contribution is 2.30. The summed E-state index contributed by atoms with van der Waals surface area (Å²) in [6, 6.07) is 0. The van der Waals surface area contributed by atoms with E-state index in [4.69, 9.17) is 10.8 Å². The van der Waals surface area contributed by atoms with E-state index in [-0.39, 0.29) is 11.1 Å². The molecule has 1 aromatic heterocycles. The molecular weight excluding hydrogens is 194 g/mol. The first-order chi connectivity index (χ1) is 6.79. The van der Waals surface area contributed by atoms with Gasteiger partial charge in [0.25, 0.3) is 0 Å². The topological polar surface area (TPSA) is 81.1 Å². The number of aromatic carboxylic acids is 1. The average Bonchev–Trinajstić information content (AvgIpc) is 2.41. The molecule has 1 aromatic rings. The Morgan fingerprint density at radius 3 is 2.33 bits per heavy atom. The van der Waals surface area contributed by atoms with Gasteiger partial charge in [-0.25, -0.2) is 9.48 Å². The number of aromatic nitrogens is 2. The lowest BCUT2D eigenvalue weighted by Gasteiger charge is -2.18. The van der Waals surface area contributed by atoms with Crippen LogP contribution >= 0.6 is 0 Å². The van der Waals surface area contributed by atoms with Gasteiger partial charge in [-0.3, -0.25) is 0 Å². The largest absolute Gasteiger partial charge is 0.476 e. The zero-order valence-corrected chi connectivity index (χ0v) is 9.53. The minimum absolute atomic E-state index is 0.0573. The average molecular weight is 211 g/mol. The molecule has 5 heteroatoms. The van der Waals surface area contributed by atoms with Crippen molar-refractivity contribution in [2.45, 2.75) is 39.7 Å². The van der Waals surface area contributed by atoms with E-state index in [0.29, 0.717) is 17.9 Å². The van der Waals surface area contributed by atoms with Crippen molar-refractivity contribution in [2.24, 2.45) is 0 Å². The van der Waals surface area contributed by atoms with Gasteiger partial charge in [-0.1, -0.05) is 20.8 Å². The molecule has 0 spiro atoms. The number of nitrogen functional groups attached to an aromatic ring is 1. The van der Waals surface area contributed by atoms with Crippen LogP contribution in [0.25, 0.3) is 0 Å². The number of carboxylic acids is 1. The van der Waals surface area contributed by atoms with Crippen molar-refractivity contribution in [3.63, 3.8) is 0 Å². The fraction of sp³-hybridized carbons (Fsp3) is 0.600. The molecule has 0 fully saturated rings. The second-order valence-electron chi connectivity index (χ2n) is 4.48. The van der Waals surface area contributed by atoms with E-state index in [2.05, 4.69) is 5.10 Å². The molecule has 0 aliphatic carbocycles. The molecule has 0 atom stereocenters. The molecule has 1 heterocycles. The molecule has 84 valence electrons. The van der Waals surface area contributed by atoms with E-state index in [1.165, 1.54) is 4.68 Å². The van der Waals surface area contributed by atoms with Gasteiger partial charge in [-0.2, -0.15) is 5.10 Å². The second-order valence-corrected chi connectivity index (χ2v) is 4.48. The first-order valence-corrected chi connectivity index (χ1v) is 4.89. The molecular formula is C10H17N3O2. The monoisotopic (exact) mass is 211 g/mol. The van der Waals surface area contributed by atoms with Gasteiger partial charge in [0.15, 0.2) is 5.69 Å². The molecule has 0 aliphatic heterocycles. The van der Waals surface area contributed by atoms with Gasteiger partial charge in [0.1, 0.15) is 5.82 Å². The summed E-state index contributed by atoms with van der Waals surface area (Å²) in [5.74, 6) is -0.582. The fourth-order valence-corrected chi connectivity index (χ4v) is 1.61. The fourth-order valence-electron chi connectivity index (χ4n) is 1.61. The highest BCUT2D eigenvalue weighted by atomic mass is 16.4.